The number of anilines is 3. The van der Waals surface area contributed by atoms with Gasteiger partial charge in [0.15, 0.2) is 11.6 Å². The summed E-state index contributed by atoms with van der Waals surface area (Å²) in [6.45, 7) is 3.64. The molecule has 1 saturated heterocycles. The van der Waals surface area contributed by atoms with Crippen LogP contribution in [0.4, 0.5) is 26.2 Å². The summed E-state index contributed by atoms with van der Waals surface area (Å²) in [5.74, 6) is -0.639. The van der Waals surface area contributed by atoms with Gasteiger partial charge in [-0.25, -0.2) is 13.8 Å². The summed E-state index contributed by atoms with van der Waals surface area (Å²) in [5, 5.41) is 3.00. The van der Waals surface area contributed by atoms with Gasteiger partial charge in [0, 0.05) is 49.6 Å². The Morgan fingerprint density at radius 3 is 2.32 bits per heavy atom. The van der Waals surface area contributed by atoms with E-state index >= 15 is 0 Å². The van der Waals surface area contributed by atoms with Gasteiger partial charge in [-0.15, -0.1) is 0 Å². The second kappa shape index (κ2) is 7.90. The lowest BCUT2D eigenvalue weighted by atomic mass is 10.1. The van der Waals surface area contributed by atoms with Crippen molar-refractivity contribution < 1.29 is 8.78 Å². The van der Waals surface area contributed by atoms with Crippen molar-refractivity contribution in [2.24, 2.45) is 0 Å². The molecule has 5 nitrogen and oxygen atoms in total. The minimum absolute atomic E-state index is 0.348. The highest BCUT2D eigenvalue weighted by atomic mass is 19.2. The fourth-order valence-electron chi connectivity index (χ4n) is 3.15. The first-order chi connectivity index (χ1) is 13.6. The minimum atomic E-state index is -0.913. The van der Waals surface area contributed by atoms with E-state index in [1.54, 1.807) is 0 Å². The van der Waals surface area contributed by atoms with E-state index in [2.05, 4.69) is 32.1 Å². The molecule has 0 atom stereocenters. The third-order valence-electron chi connectivity index (χ3n) is 4.79. The van der Waals surface area contributed by atoms with Crippen LogP contribution in [-0.2, 0) is 0 Å². The molecule has 28 heavy (non-hydrogen) atoms. The number of rotatable bonds is 4. The maximum Gasteiger partial charge on any atom is 0.229 e. The molecule has 0 amide bonds. The first kappa shape index (κ1) is 18.3. The molecule has 0 spiro atoms. The van der Waals surface area contributed by atoms with Gasteiger partial charge in [-0.3, -0.25) is 0 Å². The standard InChI is InChI=1S/C21H21F2N5/c1-27-9-11-28(12-10-27)20-14-19(15-5-3-2-4-6-15)25-21(26-20)24-16-7-8-17(22)18(23)13-16/h2-8,13-14H,9-12H2,1H3,(H,24,25,26). The minimum Gasteiger partial charge on any atom is -0.354 e. The number of nitrogens with zero attached hydrogens (tertiary/aromatic N) is 4. The van der Waals surface area contributed by atoms with E-state index in [4.69, 9.17) is 0 Å². The largest absolute Gasteiger partial charge is 0.354 e. The fraction of sp³-hybridized carbons (Fsp3) is 0.238. The van der Waals surface area contributed by atoms with E-state index in [-0.39, 0.29) is 0 Å². The van der Waals surface area contributed by atoms with Gasteiger partial charge in [-0.1, -0.05) is 30.3 Å². The highest BCUT2D eigenvalue weighted by Gasteiger charge is 2.18. The Balaban J connectivity index is 1.70. The molecular formula is C21H21F2N5. The average Bonchev–Trinajstić information content (AvgIpc) is 2.72. The molecule has 0 radical (unpaired) electrons. The van der Waals surface area contributed by atoms with Crippen LogP contribution in [-0.4, -0.2) is 48.1 Å². The molecule has 144 valence electrons. The van der Waals surface area contributed by atoms with E-state index in [0.717, 1.165) is 55.4 Å². The third kappa shape index (κ3) is 4.09. The van der Waals surface area contributed by atoms with Gasteiger partial charge >= 0.3 is 0 Å². The van der Waals surface area contributed by atoms with Crippen molar-refractivity contribution >= 4 is 17.5 Å². The summed E-state index contributed by atoms with van der Waals surface area (Å²) in [6.07, 6.45) is 0. The van der Waals surface area contributed by atoms with Crippen molar-refractivity contribution in [3.8, 4) is 11.3 Å². The predicted octanol–water partition coefficient (Wildman–Crippen LogP) is 3.92. The molecule has 7 heteroatoms. The van der Waals surface area contributed by atoms with E-state index in [1.807, 2.05) is 36.4 Å². The number of aromatic nitrogens is 2. The number of hydrogen-bond acceptors (Lipinski definition) is 5. The van der Waals surface area contributed by atoms with E-state index in [0.29, 0.717) is 11.6 Å². The monoisotopic (exact) mass is 381 g/mol. The Hall–Kier alpha value is -3.06. The fourth-order valence-corrected chi connectivity index (χ4v) is 3.15. The normalized spacial score (nSPS) is 14.9. The molecule has 0 unspecified atom stereocenters. The molecule has 1 N–H and O–H groups in total. The van der Waals surface area contributed by atoms with Crippen LogP contribution >= 0.6 is 0 Å². The maximum absolute atomic E-state index is 13.6. The summed E-state index contributed by atoms with van der Waals surface area (Å²) in [4.78, 5) is 13.7. The number of piperazine rings is 1. The van der Waals surface area contributed by atoms with E-state index in [9.17, 15) is 8.78 Å². The Morgan fingerprint density at radius 1 is 0.857 bits per heavy atom. The van der Waals surface area contributed by atoms with Crippen LogP contribution in [0.3, 0.4) is 0 Å². The average molecular weight is 381 g/mol. The molecule has 3 aromatic rings. The van der Waals surface area contributed by atoms with Crippen LogP contribution in [0.15, 0.2) is 54.6 Å². The van der Waals surface area contributed by atoms with Crippen molar-refractivity contribution in [1.29, 1.82) is 0 Å². The van der Waals surface area contributed by atoms with Crippen LogP contribution in [0.2, 0.25) is 0 Å². The van der Waals surface area contributed by atoms with Gasteiger partial charge in [0.2, 0.25) is 5.95 Å². The summed E-state index contributed by atoms with van der Waals surface area (Å²) in [5.41, 5.74) is 2.14. The lowest BCUT2D eigenvalue weighted by molar-refractivity contribution is 0.312. The zero-order valence-corrected chi connectivity index (χ0v) is 15.6. The van der Waals surface area contributed by atoms with Crippen molar-refractivity contribution in [1.82, 2.24) is 14.9 Å². The maximum atomic E-state index is 13.6. The molecule has 2 heterocycles. The van der Waals surface area contributed by atoms with Gasteiger partial charge in [0.1, 0.15) is 5.82 Å². The van der Waals surface area contributed by atoms with Crippen LogP contribution in [0.1, 0.15) is 0 Å². The SMILES string of the molecule is CN1CCN(c2cc(-c3ccccc3)nc(Nc3ccc(F)c(F)c3)n2)CC1. The van der Waals surface area contributed by atoms with Gasteiger partial charge in [-0.2, -0.15) is 4.98 Å². The highest BCUT2D eigenvalue weighted by Crippen LogP contribution is 2.26. The number of halogens is 2. The highest BCUT2D eigenvalue weighted by molar-refractivity contribution is 5.66. The third-order valence-corrected chi connectivity index (χ3v) is 4.79. The lowest BCUT2D eigenvalue weighted by Gasteiger charge is -2.33. The molecule has 1 aromatic heterocycles. The Bertz CT molecular complexity index is 956. The molecule has 1 aliphatic rings. The molecule has 1 fully saturated rings. The number of likely N-dealkylation sites (N-methyl/N-ethyl adjacent to an activating group) is 1. The zero-order chi connectivity index (χ0) is 19.5. The van der Waals surface area contributed by atoms with Crippen LogP contribution in [0, 0.1) is 11.6 Å². The van der Waals surface area contributed by atoms with Crippen molar-refractivity contribution in [2.75, 3.05) is 43.4 Å². The van der Waals surface area contributed by atoms with Gasteiger partial charge < -0.3 is 15.1 Å². The molecule has 0 aliphatic carbocycles. The van der Waals surface area contributed by atoms with Gasteiger partial charge in [-0.05, 0) is 19.2 Å². The Kier molecular flexibility index (Phi) is 5.16. The molecular weight excluding hydrogens is 360 g/mol. The predicted molar refractivity (Wildman–Crippen MR) is 107 cm³/mol. The topological polar surface area (TPSA) is 44.3 Å². The van der Waals surface area contributed by atoms with E-state index < -0.39 is 11.6 Å². The summed E-state index contributed by atoms with van der Waals surface area (Å²) < 4.78 is 26.8. The summed E-state index contributed by atoms with van der Waals surface area (Å²) in [7, 11) is 2.10. The first-order valence-electron chi connectivity index (χ1n) is 9.18. The molecule has 0 bridgehead atoms. The van der Waals surface area contributed by atoms with Crippen molar-refractivity contribution in [2.45, 2.75) is 0 Å². The molecule has 0 saturated carbocycles. The van der Waals surface area contributed by atoms with Gasteiger partial charge in [0.05, 0.1) is 5.69 Å². The van der Waals surface area contributed by atoms with Crippen LogP contribution < -0.4 is 10.2 Å². The van der Waals surface area contributed by atoms with Crippen LogP contribution in [0.5, 0.6) is 0 Å². The Labute approximate surface area is 162 Å². The van der Waals surface area contributed by atoms with Crippen molar-refractivity contribution in [3.63, 3.8) is 0 Å². The van der Waals surface area contributed by atoms with Crippen molar-refractivity contribution in [3.05, 3.63) is 66.2 Å². The number of benzene rings is 2. The first-order valence-corrected chi connectivity index (χ1v) is 9.18. The van der Waals surface area contributed by atoms with Gasteiger partial charge in [0.25, 0.3) is 0 Å². The molecule has 2 aromatic carbocycles. The smallest absolute Gasteiger partial charge is 0.229 e. The number of hydrogen-bond donors (Lipinski definition) is 1. The number of nitrogens with one attached hydrogen (secondary N) is 1. The summed E-state index contributed by atoms with van der Waals surface area (Å²) in [6, 6.07) is 15.4. The summed E-state index contributed by atoms with van der Waals surface area (Å²) >= 11 is 0. The molecule has 1 aliphatic heterocycles. The second-order valence-electron chi connectivity index (χ2n) is 6.85. The molecule has 4 rings (SSSR count). The lowest BCUT2D eigenvalue weighted by Crippen LogP contribution is -2.44. The second-order valence-corrected chi connectivity index (χ2v) is 6.85. The quantitative estimate of drug-likeness (QED) is 0.742. The van der Waals surface area contributed by atoms with E-state index in [1.165, 1.54) is 6.07 Å². The zero-order valence-electron chi connectivity index (χ0n) is 15.6. The van der Waals surface area contributed by atoms with Crippen LogP contribution in [0.25, 0.3) is 11.3 Å². The Morgan fingerprint density at radius 2 is 1.61 bits per heavy atom.